The monoisotopic (exact) mass is 242 g/mol. The summed E-state index contributed by atoms with van der Waals surface area (Å²) in [7, 11) is 0. The molecule has 0 aromatic heterocycles. The molecule has 0 N–H and O–H groups in total. The third-order valence-electron chi connectivity index (χ3n) is 3.93. The van der Waals surface area contributed by atoms with Gasteiger partial charge in [-0.3, -0.25) is 0 Å². The second-order valence-corrected chi connectivity index (χ2v) is 5.45. The maximum absolute atomic E-state index is 6.11. The number of hydrogen-bond donors (Lipinski definition) is 0. The van der Waals surface area contributed by atoms with Crippen molar-refractivity contribution in [3.8, 4) is 0 Å². The van der Waals surface area contributed by atoms with Gasteiger partial charge in [-0.15, -0.1) is 11.6 Å². The van der Waals surface area contributed by atoms with Crippen molar-refractivity contribution in [2.75, 3.05) is 19.1 Å². The molecule has 0 aromatic carbocycles. The third-order valence-corrected chi connectivity index (χ3v) is 4.24. The molecule has 0 aromatic rings. The zero-order valence-corrected chi connectivity index (χ0v) is 10.8. The number of ether oxygens (including phenoxy) is 1. The Hall–Kier alpha value is -0.0100. The molecule has 0 radical (unpaired) electrons. The predicted molar refractivity (Wildman–Crippen MR) is 68.9 cm³/mol. The van der Waals surface area contributed by atoms with Crippen molar-refractivity contribution in [1.29, 1.82) is 0 Å². The standard InChI is InChI=1S/C14H23ClO/c15-10-14(13-6-2-1-3-7-13)9-12-5-4-8-16-11-12/h9,12-13H,1-8,10-11H2. The molecule has 1 aliphatic heterocycles. The minimum atomic E-state index is 0.629. The third kappa shape index (κ3) is 3.49. The zero-order valence-electron chi connectivity index (χ0n) is 10.1. The molecule has 1 atom stereocenters. The van der Waals surface area contributed by atoms with Crippen molar-refractivity contribution in [2.24, 2.45) is 11.8 Å². The molecule has 2 rings (SSSR count). The Morgan fingerprint density at radius 2 is 1.94 bits per heavy atom. The first-order valence-corrected chi connectivity index (χ1v) is 7.28. The van der Waals surface area contributed by atoms with Crippen molar-refractivity contribution in [2.45, 2.75) is 44.9 Å². The number of halogens is 1. The van der Waals surface area contributed by atoms with E-state index in [1.807, 2.05) is 0 Å². The fourth-order valence-electron chi connectivity index (χ4n) is 2.96. The van der Waals surface area contributed by atoms with Crippen molar-refractivity contribution in [3.63, 3.8) is 0 Å². The lowest BCUT2D eigenvalue weighted by Gasteiger charge is -2.26. The first-order chi connectivity index (χ1) is 7.90. The first kappa shape index (κ1) is 12.4. The van der Waals surface area contributed by atoms with Crippen LogP contribution in [0.1, 0.15) is 44.9 Å². The van der Waals surface area contributed by atoms with E-state index in [9.17, 15) is 0 Å². The normalized spacial score (nSPS) is 29.3. The minimum absolute atomic E-state index is 0.629. The van der Waals surface area contributed by atoms with E-state index in [2.05, 4.69) is 6.08 Å². The maximum Gasteiger partial charge on any atom is 0.0528 e. The lowest BCUT2D eigenvalue weighted by Crippen LogP contribution is -2.18. The van der Waals surface area contributed by atoms with Crippen molar-refractivity contribution < 1.29 is 4.74 Å². The lowest BCUT2D eigenvalue weighted by molar-refractivity contribution is 0.0705. The molecule has 1 saturated heterocycles. The fraction of sp³-hybridized carbons (Fsp3) is 0.857. The van der Waals surface area contributed by atoms with E-state index in [0.717, 1.165) is 25.0 Å². The molecular formula is C14H23ClO. The minimum Gasteiger partial charge on any atom is -0.381 e. The first-order valence-electron chi connectivity index (χ1n) is 6.74. The highest BCUT2D eigenvalue weighted by atomic mass is 35.5. The second kappa shape index (κ2) is 6.66. The molecule has 1 aliphatic carbocycles. The molecule has 0 amide bonds. The van der Waals surface area contributed by atoms with Gasteiger partial charge in [-0.1, -0.05) is 30.9 Å². The fourth-order valence-corrected chi connectivity index (χ4v) is 3.27. The summed E-state index contributed by atoms with van der Waals surface area (Å²) < 4.78 is 5.53. The number of hydrogen-bond acceptors (Lipinski definition) is 1. The molecule has 16 heavy (non-hydrogen) atoms. The smallest absolute Gasteiger partial charge is 0.0528 e. The van der Waals surface area contributed by atoms with Gasteiger partial charge >= 0.3 is 0 Å². The van der Waals surface area contributed by atoms with E-state index in [1.54, 1.807) is 0 Å². The maximum atomic E-state index is 6.11. The highest BCUT2D eigenvalue weighted by Crippen LogP contribution is 2.31. The van der Waals surface area contributed by atoms with Gasteiger partial charge in [-0.25, -0.2) is 0 Å². The SMILES string of the molecule is ClCC(=CC1CCCOC1)C1CCCCC1. The van der Waals surface area contributed by atoms with Crippen molar-refractivity contribution >= 4 is 11.6 Å². The van der Waals surface area contributed by atoms with Gasteiger partial charge in [0, 0.05) is 18.4 Å². The topological polar surface area (TPSA) is 9.23 Å². The molecular weight excluding hydrogens is 220 g/mol. The Morgan fingerprint density at radius 1 is 1.12 bits per heavy atom. The van der Waals surface area contributed by atoms with Gasteiger partial charge in [0.1, 0.15) is 0 Å². The van der Waals surface area contributed by atoms with Gasteiger partial charge in [-0.05, 0) is 31.6 Å². The van der Waals surface area contributed by atoms with Crippen LogP contribution < -0.4 is 0 Å². The van der Waals surface area contributed by atoms with E-state index in [0.29, 0.717) is 5.92 Å². The average molecular weight is 243 g/mol. The van der Waals surface area contributed by atoms with Crippen LogP contribution in [-0.4, -0.2) is 19.1 Å². The Balaban J connectivity index is 1.93. The summed E-state index contributed by atoms with van der Waals surface area (Å²) in [5.41, 5.74) is 1.50. The Morgan fingerprint density at radius 3 is 2.56 bits per heavy atom. The molecule has 1 saturated carbocycles. The number of allylic oxidation sites excluding steroid dienone is 1. The number of rotatable bonds is 3. The molecule has 1 heterocycles. The molecule has 0 bridgehead atoms. The second-order valence-electron chi connectivity index (χ2n) is 5.19. The summed E-state index contributed by atoms with van der Waals surface area (Å²) in [6, 6.07) is 0. The van der Waals surface area contributed by atoms with Crippen molar-refractivity contribution in [1.82, 2.24) is 0 Å². The van der Waals surface area contributed by atoms with Crippen LogP contribution in [0.4, 0.5) is 0 Å². The van der Waals surface area contributed by atoms with E-state index in [1.165, 1.54) is 50.5 Å². The van der Waals surface area contributed by atoms with E-state index in [4.69, 9.17) is 16.3 Å². The van der Waals surface area contributed by atoms with Gasteiger partial charge in [0.25, 0.3) is 0 Å². The van der Waals surface area contributed by atoms with Crippen LogP contribution in [0.5, 0.6) is 0 Å². The zero-order chi connectivity index (χ0) is 11.2. The van der Waals surface area contributed by atoms with Crippen LogP contribution in [0.25, 0.3) is 0 Å². The van der Waals surface area contributed by atoms with Gasteiger partial charge in [0.2, 0.25) is 0 Å². The largest absolute Gasteiger partial charge is 0.381 e. The number of alkyl halides is 1. The van der Waals surface area contributed by atoms with E-state index < -0.39 is 0 Å². The van der Waals surface area contributed by atoms with E-state index in [-0.39, 0.29) is 0 Å². The summed E-state index contributed by atoms with van der Waals surface area (Å²) in [5.74, 6) is 2.12. The molecule has 92 valence electrons. The van der Waals surface area contributed by atoms with Gasteiger partial charge in [-0.2, -0.15) is 0 Å². The molecule has 2 fully saturated rings. The highest BCUT2D eigenvalue weighted by Gasteiger charge is 2.19. The molecule has 2 aliphatic rings. The average Bonchev–Trinajstić information content (AvgIpc) is 2.38. The van der Waals surface area contributed by atoms with Gasteiger partial charge in [0.15, 0.2) is 0 Å². The quantitative estimate of drug-likeness (QED) is 0.534. The van der Waals surface area contributed by atoms with Crippen LogP contribution >= 0.6 is 11.6 Å². The Bertz CT molecular complexity index is 225. The summed E-state index contributed by atoms with van der Waals surface area (Å²) in [6.45, 7) is 1.86. The molecule has 0 spiro atoms. The van der Waals surface area contributed by atoms with E-state index >= 15 is 0 Å². The Kier molecular flexibility index (Phi) is 5.18. The van der Waals surface area contributed by atoms with Crippen LogP contribution in [0.2, 0.25) is 0 Å². The summed E-state index contributed by atoms with van der Waals surface area (Å²) in [4.78, 5) is 0. The van der Waals surface area contributed by atoms with Crippen LogP contribution in [0, 0.1) is 11.8 Å². The van der Waals surface area contributed by atoms with Crippen LogP contribution in [0.3, 0.4) is 0 Å². The van der Waals surface area contributed by atoms with Gasteiger partial charge < -0.3 is 4.74 Å². The molecule has 2 heteroatoms. The molecule has 1 nitrogen and oxygen atoms in total. The summed E-state index contributed by atoms with van der Waals surface area (Å²) in [6.07, 6.45) is 11.8. The summed E-state index contributed by atoms with van der Waals surface area (Å²) in [5, 5.41) is 0. The lowest BCUT2D eigenvalue weighted by atomic mass is 9.82. The van der Waals surface area contributed by atoms with Crippen LogP contribution in [0.15, 0.2) is 11.6 Å². The Labute approximate surface area is 104 Å². The predicted octanol–water partition coefficient (Wildman–Crippen LogP) is 4.16. The van der Waals surface area contributed by atoms with Crippen LogP contribution in [-0.2, 0) is 4.74 Å². The van der Waals surface area contributed by atoms with Gasteiger partial charge in [0.05, 0.1) is 6.61 Å². The van der Waals surface area contributed by atoms with Crippen molar-refractivity contribution in [3.05, 3.63) is 11.6 Å². The molecule has 1 unspecified atom stereocenters. The summed E-state index contributed by atoms with van der Waals surface area (Å²) >= 11 is 6.11. The highest BCUT2D eigenvalue weighted by molar-refractivity contribution is 6.19.